The molecule has 2 nitrogen and oxygen atoms in total. The van der Waals surface area contributed by atoms with Crippen molar-refractivity contribution >= 4 is 29.3 Å². The van der Waals surface area contributed by atoms with Gasteiger partial charge in [0.1, 0.15) is 5.78 Å². The van der Waals surface area contributed by atoms with E-state index in [1.807, 2.05) is 18.0 Å². The zero-order valence-electron chi connectivity index (χ0n) is 11.9. The van der Waals surface area contributed by atoms with Crippen molar-refractivity contribution in [3.05, 3.63) is 23.3 Å². The third-order valence-electron chi connectivity index (χ3n) is 4.75. The van der Waals surface area contributed by atoms with Crippen molar-refractivity contribution in [2.75, 3.05) is 0 Å². The van der Waals surface area contributed by atoms with Gasteiger partial charge in [0.15, 0.2) is 0 Å². The van der Waals surface area contributed by atoms with Crippen molar-refractivity contribution in [1.82, 2.24) is 4.31 Å². The Balaban J connectivity index is 1.72. The smallest absolute Gasteiger partial charge is 0.139 e. The molecule has 0 aromatic heterocycles. The van der Waals surface area contributed by atoms with Crippen molar-refractivity contribution in [3.63, 3.8) is 0 Å². The maximum atomic E-state index is 12.2. The summed E-state index contributed by atoms with van der Waals surface area (Å²) in [6.45, 7) is 2.16. The Morgan fingerprint density at radius 1 is 1.45 bits per heavy atom. The molecule has 2 aliphatic heterocycles. The number of rotatable bonds is 3. The van der Waals surface area contributed by atoms with E-state index in [2.05, 4.69) is 23.4 Å². The lowest BCUT2D eigenvalue weighted by atomic mass is 9.77. The van der Waals surface area contributed by atoms with E-state index in [9.17, 15) is 4.79 Å². The molecule has 0 radical (unpaired) electrons. The summed E-state index contributed by atoms with van der Waals surface area (Å²) >= 11 is 7.94. The largest absolute Gasteiger partial charge is 0.299 e. The molecule has 2 bridgehead atoms. The number of nitrogens with zero attached hydrogens (tertiary/aromatic N) is 1. The van der Waals surface area contributed by atoms with E-state index in [1.54, 1.807) is 0 Å². The van der Waals surface area contributed by atoms with Gasteiger partial charge in [0.25, 0.3) is 0 Å². The van der Waals surface area contributed by atoms with Crippen molar-refractivity contribution in [3.8, 4) is 0 Å². The van der Waals surface area contributed by atoms with Gasteiger partial charge in [-0.15, -0.1) is 0 Å². The Morgan fingerprint density at radius 2 is 2.30 bits per heavy atom. The highest BCUT2D eigenvalue weighted by atomic mass is 35.5. The standard InChI is InChI=1S/C16H22ClNOS/c1-2-14-15-5-3-4-12(10-16(14)19)18(15)20-13-8-6-11(17)7-9-13/h6-8,12-15H,2-5,9-10H2,1H3. The highest BCUT2D eigenvalue weighted by molar-refractivity contribution is 7.97. The molecule has 2 fully saturated rings. The predicted octanol–water partition coefficient (Wildman–Crippen LogP) is 4.31. The summed E-state index contributed by atoms with van der Waals surface area (Å²) in [5, 5.41) is 1.33. The van der Waals surface area contributed by atoms with Crippen molar-refractivity contribution < 1.29 is 4.79 Å². The topological polar surface area (TPSA) is 20.3 Å². The van der Waals surface area contributed by atoms with Crippen LogP contribution in [0.5, 0.6) is 0 Å². The Labute approximate surface area is 130 Å². The number of Topliss-reactive ketones (excluding diaryl/α,β-unsaturated/α-hetero) is 1. The summed E-state index contributed by atoms with van der Waals surface area (Å²) in [7, 11) is 0. The van der Waals surface area contributed by atoms with Gasteiger partial charge < -0.3 is 0 Å². The second kappa shape index (κ2) is 6.25. The average Bonchev–Trinajstić information content (AvgIpc) is 2.43. The lowest BCUT2D eigenvalue weighted by Gasteiger charge is -2.49. The number of hydrogen-bond acceptors (Lipinski definition) is 3. The first-order valence-corrected chi connectivity index (χ1v) is 8.92. The molecule has 0 spiro atoms. The van der Waals surface area contributed by atoms with Gasteiger partial charge in [-0.2, -0.15) is 0 Å². The lowest BCUT2D eigenvalue weighted by Crippen LogP contribution is -2.54. The molecule has 2 saturated heterocycles. The molecule has 110 valence electrons. The molecule has 20 heavy (non-hydrogen) atoms. The number of halogens is 1. The zero-order valence-corrected chi connectivity index (χ0v) is 13.5. The van der Waals surface area contributed by atoms with E-state index in [0.29, 0.717) is 23.1 Å². The van der Waals surface area contributed by atoms with Crippen molar-refractivity contribution in [2.24, 2.45) is 5.92 Å². The second-order valence-corrected chi connectivity index (χ2v) is 7.70. The van der Waals surface area contributed by atoms with Crippen LogP contribution in [0.15, 0.2) is 23.3 Å². The second-order valence-electron chi connectivity index (χ2n) is 6.02. The first kappa shape index (κ1) is 14.7. The van der Waals surface area contributed by atoms with Gasteiger partial charge in [-0.05, 0) is 31.8 Å². The van der Waals surface area contributed by atoms with Crippen LogP contribution in [0, 0.1) is 5.92 Å². The molecule has 1 aliphatic carbocycles. The molecule has 4 atom stereocenters. The maximum absolute atomic E-state index is 12.2. The summed E-state index contributed by atoms with van der Waals surface area (Å²) in [5.41, 5.74) is 0. The molecule has 0 N–H and O–H groups in total. The molecule has 3 aliphatic rings. The van der Waals surface area contributed by atoms with Crippen molar-refractivity contribution in [2.45, 2.75) is 62.8 Å². The van der Waals surface area contributed by atoms with Gasteiger partial charge in [-0.1, -0.05) is 49.0 Å². The number of fused-ring (bicyclic) bond motifs is 2. The first-order chi connectivity index (χ1) is 9.69. The van der Waals surface area contributed by atoms with E-state index in [0.717, 1.165) is 24.3 Å². The van der Waals surface area contributed by atoms with Crippen LogP contribution in [0.2, 0.25) is 0 Å². The van der Waals surface area contributed by atoms with Crippen LogP contribution in [-0.4, -0.2) is 27.4 Å². The quantitative estimate of drug-likeness (QED) is 0.724. The molecule has 0 aromatic rings. The number of allylic oxidation sites excluding steroid dienone is 3. The Morgan fingerprint density at radius 3 is 3.00 bits per heavy atom. The summed E-state index contributed by atoms with van der Waals surface area (Å²) in [4.78, 5) is 12.2. The highest BCUT2D eigenvalue weighted by Crippen LogP contribution is 2.43. The van der Waals surface area contributed by atoms with Crippen LogP contribution in [0.25, 0.3) is 0 Å². The minimum absolute atomic E-state index is 0.255. The fraction of sp³-hybridized carbons (Fsp3) is 0.688. The van der Waals surface area contributed by atoms with Gasteiger partial charge in [0.2, 0.25) is 0 Å². The molecule has 0 amide bonds. The van der Waals surface area contributed by atoms with E-state index in [1.165, 1.54) is 19.3 Å². The SMILES string of the molecule is CCC1C(=O)CC2CCCC1N2SC1C=CC(Cl)=CC1. The third kappa shape index (κ3) is 2.86. The number of hydrogen-bond donors (Lipinski definition) is 0. The molecular weight excluding hydrogens is 290 g/mol. The number of carbonyl (C=O) groups is 1. The minimum Gasteiger partial charge on any atom is -0.299 e. The number of carbonyl (C=O) groups excluding carboxylic acids is 1. The fourth-order valence-corrected chi connectivity index (χ4v) is 5.30. The Hall–Kier alpha value is -0.250. The summed E-state index contributed by atoms with van der Waals surface area (Å²) in [5.74, 6) is 0.756. The van der Waals surface area contributed by atoms with Gasteiger partial charge in [0.05, 0.1) is 0 Å². The van der Waals surface area contributed by atoms with Gasteiger partial charge in [-0.3, -0.25) is 4.79 Å². The summed E-state index contributed by atoms with van der Waals surface area (Å²) < 4.78 is 2.57. The minimum atomic E-state index is 0.255. The van der Waals surface area contributed by atoms with Crippen LogP contribution in [0.4, 0.5) is 0 Å². The fourth-order valence-electron chi connectivity index (χ4n) is 3.73. The van der Waals surface area contributed by atoms with Gasteiger partial charge >= 0.3 is 0 Å². The molecule has 2 heterocycles. The van der Waals surface area contributed by atoms with Gasteiger partial charge in [-0.25, -0.2) is 4.31 Å². The monoisotopic (exact) mass is 311 g/mol. The number of piperidine rings is 2. The van der Waals surface area contributed by atoms with Crippen LogP contribution in [0.1, 0.15) is 45.4 Å². The van der Waals surface area contributed by atoms with E-state index < -0.39 is 0 Å². The molecule has 4 unspecified atom stereocenters. The van der Waals surface area contributed by atoms with Crippen LogP contribution < -0.4 is 0 Å². The molecule has 3 rings (SSSR count). The number of ketones is 1. The summed E-state index contributed by atoms with van der Waals surface area (Å²) in [6.07, 6.45) is 12.7. The lowest BCUT2D eigenvalue weighted by molar-refractivity contribution is -0.130. The van der Waals surface area contributed by atoms with E-state index >= 15 is 0 Å². The maximum Gasteiger partial charge on any atom is 0.139 e. The molecular formula is C16H22ClNOS. The summed E-state index contributed by atoms with van der Waals surface area (Å²) in [6, 6.07) is 0.920. The normalized spacial score (nSPS) is 37.9. The third-order valence-corrected chi connectivity index (χ3v) is 6.46. The van der Waals surface area contributed by atoms with E-state index in [-0.39, 0.29) is 5.92 Å². The van der Waals surface area contributed by atoms with Gasteiger partial charge in [0, 0.05) is 34.7 Å². The molecule has 4 heteroatoms. The zero-order chi connectivity index (χ0) is 14.1. The molecule has 0 saturated carbocycles. The highest BCUT2D eigenvalue weighted by Gasteiger charge is 2.44. The average molecular weight is 312 g/mol. The first-order valence-electron chi connectivity index (χ1n) is 7.70. The van der Waals surface area contributed by atoms with Crippen LogP contribution in [-0.2, 0) is 4.79 Å². The van der Waals surface area contributed by atoms with Crippen LogP contribution >= 0.6 is 23.5 Å². The molecule has 0 aromatic carbocycles. The van der Waals surface area contributed by atoms with Crippen molar-refractivity contribution in [1.29, 1.82) is 0 Å². The Bertz CT molecular complexity index is 448. The predicted molar refractivity (Wildman–Crippen MR) is 85.7 cm³/mol. The van der Waals surface area contributed by atoms with Crippen LogP contribution in [0.3, 0.4) is 0 Å². The van der Waals surface area contributed by atoms with E-state index in [4.69, 9.17) is 11.6 Å². The Kier molecular flexibility index (Phi) is 4.58.